The van der Waals surface area contributed by atoms with Crippen molar-refractivity contribution in [1.82, 2.24) is 9.55 Å². The normalized spacial score (nSPS) is 13.4. The summed E-state index contributed by atoms with van der Waals surface area (Å²) in [4.78, 5) is 8.94. The van der Waals surface area contributed by atoms with Crippen LogP contribution in [0.5, 0.6) is 11.5 Å². The predicted octanol–water partition coefficient (Wildman–Crippen LogP) is 10.1. The third kappa shape index (κ3) is 6.09. The molecule has 5 nitrogen and oxygen atoms in total. The zero-order chi connectivity index (χ0) is 31.3. The van der Waals surface area contributed by atoms with Gasteiger partial charge >= 0.3 is 0 Å². The van der Waals surface area contributed by atoms with E-state index in [-0.39, 0.29) is 31.9 Å². The van der Waals surface area contributed by atoms with Crippen molar-refractivity contribution in [3.8, 4) is 17.2 Å². The Labute approximate surface area is 286 Å². The summed E-state index contributed by atoms with van der Waals surface area (Å²) in [7, 11) is 0. The van der Waals surface area contributed by atoms with Crippen LogP contribution in [0, 0.1) is 18.8 Å². The number of nitrogens with zero attached hydrogens (tertiary/aromatic N) is 4. The largest absolute Gasteiger partial charge is 0.509 e. The van der Waals surface area contributed by atoms with Gasteiger partial charge in [0.05, 0.1) is 5.52 Å². The van der Waals surface area contributed by atoms with Crippen LogP contribution in [0.1, 0.15) is 52.7 Å². The van der Waals surface area contributed by atoms with Crippen molar-refractivity contribution in [2.75, 3.05) is 9.80 Å². The first-order valence-corrected chi connectivity index (χ1v) is 15.4. The van der Waals surface area contributed by atoms with Gasteiger partial charge < -0.3 is 19.1 Å². The van der Waals surface area contributed by atoms with E-state index in [0.717, 1.165) is 39.0 Å². The van der Waals surface area contributed by atoms with E-state index in [1.54, 1.807) is 0 Å². The van der Waals surface area contributed by atoms with E-state index >= 15 is 0 Å². The molecule has 0 radical (unpaired) electrons. The van der Waals surface area contributed by atoms with Gasteiger partial charge in [-0.25, -0.2) is 4.98 Å². The minimum atomic E-state index is 0. The molecule has 2 aromatic heterocycles. The number of hydrogen-bond acceptors (Lipinski definition) is 4. The number of rotatable bonds is 5. The zero-order valence-corrected chi connectivity index (χ0v) is 29.3. The molecule has 0 saturated heterocycles. The number of fused-ring (bicyclic) bond motifs is 3. The minimum Gasteiger partial charge on any atom is -0.509 e. The van der Waals surface area contributed by atoms with Crippen molar-refractivity contribution in [2.24, 2.45) is 0 Å². The summed E-state index contributed by atoms with van der Waals surface area (Å²) >= 11 is 0. The summed E-state index contributed by atoms with van der Waals surface area (Å²) < 4.78 is 8.47. The van der Waals surface area contributed by atoms with E-state index < -0.39 is 0 Å². The van der Waals surface area contributed by atoms with Crippen LogP contribution in [-0.2, 0) is 31.9 Å². The molecule has 46 heavy (non-hydrogen) atoms. The van der Waals surface area contributed by atoms with Gasteiger partial charge in [0.2, 0.25) is 0 Å². The molecule has 0 spiro atoms. The van der Waals surface area contributed by atoms with E-state index in [1.165, 1.54) is 11.1 Å². The number of aromatic nitrogens is 2. The van der Waals surface area contributed by atoms with Crippen LogP contribution in [0.15, 0.2) is 110 Å². The van der Waals surface area contributed by atoms with Crippen molar-refractivity contribution >= 4 is 33.3 Å². The van der Waals surface area contributed by atoms with Gasteiger partial charge in [0.25, 0.3) is 0 Å². The van der Waals surface area contributed by atoms with E-state index in [4.69, 9.17) is 9.72 Å². The molecule has 0 unspecified atom stereocenters. The van der Waals surface area contributed by atoms with Crippen molar-refractivity contribution in [3.63, 3.8) is 0 Å². The van der Waals surface area contributed by atoms with Crippen molar-refractivity contribution in [1.29, 1.82) is 0 Å². The summed E-state index contributed by atoms with van der Waals surface area (Å²) in [6.07, 6.45) is 5.97. The standard InChI is InChI=1S/C40H37N4O.Pt/c1-39(2,3)28-22-29(40(4,5)6)24-32(23-28)43-21-20-42(27-43)30-12-9-14-33(25-30)45-34-15-10-13-31(26-34)44-37-18-8-7-16-35(37)36-17-11-19-41-38(36)44;/h7-24,27H,1-6H3;/q-3;. The van der Waals surface area contributed by atoms with E-state index in [1.807, 2.05) is 54.7 Å². The Hall–Kier alpha value is -4.34. The molecule has 0 aliphatic carbocycles. The average molecular weight is 785 g/mol. The Kier molecular flexibility index (Phi) is 8.33. The third-order valence-corrected chi connectivity index (χ3v) is 8.26. The molecule has 7 rings (SSSR count). The van der Waals surface area contributed by atoms with Crippen LogP contribution in [0.4, 0.5) is 11.4 Å². The van der Waals surface area contributed by atoms with Crippen molar-refractivity contribution in [3.05, 3.63) is 140 Å². The van der Waals surface area contributed by atoms with Crippen LogP contribution in [0.25, 0.3) is 27.6 Å². The molecule has 1 aliphatic heterocycles. The minimum absolute atomic E-state index is 0. The van der Waals surface area contributed by atoms with Crippen LogP contribution < -0.4 is 14.5 Å². The first kappa shape index (κ1) is 31.6. The Balaban J connectivity index is 0.00000372. The second-order valence-corrected chi connectivity index (χ2v) is 13.6. The quantitative estimate of drug-likeness (QED) is 0.163. The molecule has 1 aliphatic rings. The molecular formula is C40H37N4OPt-3. The summed E-state index contributed by atoms with van der Waals surface area (Å²) in [6, 6.07) is 38.2. The first-order valence-electron chi connectivity index (χ1n) is 15.4. The summed E-state index contributed by atoms with van der Waals surface area (Å²) in [5, 5.41) is 2.27. The topological polar surface area (TPSA) is 33.5 Å². The maximum Gasteiger partial charge on any atom is 0.143 e. The summed E-state index contributed by atoms with van der Waals surface area (Å²) in [6.45, 7) is 15.7. The summed E-state index contributed by atoms with van der Waals surface area (Å²) in [5.41, 5.74) is 7.61. The van der Waals surface area contributed by atoms with Gasteiger partial charge in [-0.05, 0) is 64.7 Å². The molecule has 4 aromatic carbocycles. The van der Waals surface area contributed by atoms with E-state index in [2.05, 4.69) is 130 Å². The van der Waals surface area contributed by atoms with Crippen molar-refractivity contribution < 1.29 is 25.8 Å². The number of ether oxygens (including phenoxy) is 1. The fourth-order valence-electron chi connectivity index (χ4n) is 5.71. The molecule has 0 fully saturated rings. The summed E-state index contributed by atoms with van der Waals surface area (Å²) in [5.74, 6) is 1.23. The second-order valence-electron chi connectivity index (χ2n) is 13.6. The predicted molar refractivity (Wildman–Crippen MR) is 185 cm³/mol. The van der Waals surface area contributed by atoms with Gasteiger partial charge in [0.15, 0.2) is 0 Å². The zero-order valence-electron chi connectivity index (χ0n) is 27.0. The van der Waals surface area contributed by atoms with Crippen LogP contribution in [-0.4, -0.2) is 9.55 Å². The Bertz CT molecular complexity index is 1980. The maximum atomic E-state index is 6.34. The smallest absolute Gasteiger partial charge is 0.143 e. The molecule has 0 amide bonds. The molecule has 0 N–H and O–H groups in total. The Morgan fingerprint density at radius 1 is 0.652 bits per heavy atom. The number of hydrogen-bond donors (Lipinski definition) is 0. The molecule has 6 aromatic rings. The molecule has 3 heterocycles. The Morgan fingerprint density at radius 3 is 1.96 bits per heavy atom. The van der Waals surface area contributed by atoms with Gasteiger partial charge in [-0.2, -0.15) is 12.1 Å². The van der Waals surface area contributed by atoms with Gasteiger partial charge in [-0.1, -0.05) is 71.5 Å². The fraction of sp³-hybridized carbons (Fsp3) is 0.200. The average Bonchev–Trinajstić information content (AvgIpc) is 3.64. The molecule has 6 heteroatoms. The van der Waals surface area contributed by atoms with Crippen molar-refractivity contribution in [2.45, 2.75) is 52.4 Å². The number of pyridine rings is 1. The number of anilines is 2. The number of benzene rings is 4. The molecule has 0 bridgehead atoms. The SMILES string of the molecule is CC(C)(C)c1cc(N2C=CN(c3[c-]c(Oc4[c-]c(-n5c6ccccc6c6cccnc65)ccc4)ccc3)[CH-]2)cc(C(C)(C)C)c1.[Pt]. The van der Waals surface area contributed by atoms with Crippen LogP contribution in [0.3, 0.4) is 0 Å². The van der Waals surface area contributed by atoms with Crippen LogP contribution >= 0.6 is 0 Å². The molecule has 0 atom stereocenters. The van der Waals surface area contributed by atoms with Crippen LogP contribution in [0.2, 0.25) is 0 Å². The fourth-order valence-corrected chi connectivity index (χ4v) is 5.71. The first-order chi connectivity index (χ1) is 21.5. The van der Waals surface area contributed by atoms with E-state index in [0.29, 0.717) is 11.5 Å². The second kappa shape index (κ2) is 12.1. The van der Waals surface area contributed by atoms with Gasteiger partial charge in [0.1, 0.15) is 5.65 Å². The van der Waals surface area contributed by atoms with E-state index in [9.17, 15) is 0 Å². The van der Waals surface area contributed by atoms with Gasteiger partial charge in [0, 0.05) is 55.2 Å². The van der Waals surface area contributed by atoms with Gasteiger partial charge in [-0.3, -0.25) is 0 Å². The Morgan fingerprint density at radius 2 is 1.26 bits per heavy atom. The molecule has 236 valence electrons. The monoisotopic (exact) mass is 784 g/mol. The molecule has 0 saturated carbocycles. The van der Waals surface area contributed by atoms with Gasteiger partial charge in [-0.15, -0.1) is 48.8 Å². The molecular weight excluding hydrogens is 748 g/mol. The maximum absolute atomic E-state index is 6.34. The third-order valence-electron chi connectivity index (χ3n) is 8.26. The number of para-hydroxylation sites is 1.